The molecule has 0 amide bonds. The van der Waals surface area contributed by atoms with Crippen molar-refractivity contribution in [3.8, 4) is 11.4 Å². The van der Waals surface area contributed by atoms with E-state index in [4.69, 9.17) is 16.1 Å². The molecule has 0 aliphatic carbocycles. The summed E-state index contributed by atoms with van der Waals surface area (Å²) >= 11 is 5.62. The van der Waals surface area contributed by atoms with Crippen molar-refractivity contribution in [3.63, 3.8) is 0 Å². The Morgan fingerprint density at radius 3 is 2.53 bits per heavy atom. The second-order valence-corrected chi connectivity index (χ2v) is 4.32. The Morgan fingerprint density at radius 1 is 1.18 bits per heavy atom. The Balaban J connectivity index is 2.24. The molecule has 0 aliphatic rings. The van der Waals surface area contributed by atoms with E-state index in [0.717, 1.165) is 29.8 Å². The first kappa shape index (κ1) is 12.0. The minimum Gasteiger partial charge on any atom is -0.339 e. The van der Waals surface area contributed by atoms with E-state index in [-0.39, 0.29) is 0 Å². The summed E-state index contributed by atoms with van der Waals surface area (Å²) in [6.07, 6.45) is 1.57. The number of pyridine rings is 1. The molecular weight excluding hydrogens is 238 g/mol. The van der Waals surface area contributed by atoms with Crippen molar-refractivity contribution in [1.82, 2.24) is 15.1 Å². The molecule has 90 valence electrons. The average molecular weight is 252 g/mol. The van der Waals surface area contributed by atoms with Crippen molar-refractivity contribution < 1.29 is 4.52 Å². The van der Waals surface area contributed by atoms with Crippen molar-refractivity contribution in [2.75, 3.05) is 5.88 Å². The fourth-order valence-corrected chi connectivity index (χ4v) is 1.79. The Kier molecular flexibility index (Phi) is 3.74. The SMILES string of the molecule is Cc1cc(-c2noc(CCCCl)n2)cc(C)n1. The van der Waals surface area contributed by atoms with Crippen LogP contribution in [0.1, 0.15) is 23.7 Å². The molecule has 0 atom stereocenters. The Morgan fingerprint density at radius 2 is 1.88 bits per heavy atom. The van der Waals surface area contributed by atoms with Crippen LogP contribution < -0.4 is 0 Å². The van der Waals surface area contributed by atoms with Gasteiger partial charge in [0, 0.05) is 29.3 Å². The van der Waals surface area contributed by atoms with Gasteiger partial charge in [-0.3, -0.25) is 4.98 Å². The molecule has 0 unspecified atom stereocenters. The molecule has 0 fully saturated rings. The van der Waals surface area contributed by atoms with Gasteiger partial charge in [0.25, 0.3) is 0 Å². The number of hydrogen-bond donors (Lipinski definition) is 0. The summed E-state index contributed by atoms with van der Waals surface area (Å²) in [5.41, 5.74) is 2.84. The highest BCUT2D eigenvalue weighted by molar-refractivity contribution is 6.17. The van der Waals surface area contributed by atoms with Crippen LogP contribution in [0.15, 0.2) is 16.7 Å². The molecule has 0 saturated carbocycles. The van der Waals surface area contributed by atoms with Gasteiger partial charge in [-0.15, -0.1) is 11.6 Å². The molecule has 0 bridgehead atoms. The highest BCUT2D eigenvalue weighted by atomic mass is 35.5. The number of aromatic nitrogens is 3. The van der Waals surface area contributed by atoms with E-state index in [0.29, 0.717) is 17.6 Å². The van der Waals surface area contributed by atoms with Crippen molar-refractivity contribution in [2.24, 2.45) is 0 Å². The molecule has 0 spiro atoms. The first-order valence-corrected chi connectivity index (χ1v) is 6.06. The van der Waals surface area contributed by atoms with Crippen molar-refractivity contribution in [2.45, 2.75) is 26.7 Å². The van der Waals surface area contributed by atoms with Crippen LogP contribution in [-0.2, 0) is 6.42 Å². The lowest BCUT2D eigenvalue weighted by Gasteiger charge is -1.98. The average Bonchev–Trinajstić information content (AvgIpc) is 2.73. The van der Waals surface area contributed by atoms with E-state index < -0.39 is 0 Å². The molecule has 17 heavy (non-hydrogen) atoms. The summed E-state index contributed by atoms with van der Waals surface area (Å²) in [6, 6.07) is 3.90. The van der Waals surface area contributed by atoms with Gasteiger partial charge in [-0.25, -0.2) is 0 Å². The standard InChI is InChI=1S/C12H14ClN3O/c1-8-6-10(7-9(2)14-8)12-15-11(17-16-12)4-3-5-13/h6-7H,3-5H2,1-2H3. The maximum absolute atomic E-state index is 5.62. The van der Waals surface area contributed by atoms with Gasteiger partial charge in [0.1, 0.15) is 0 Å². The minimum atomic E-state index is 0.602. The van der Waals surface area contributed by atoms with E-state index in [2.05, 4.69) is 15.1 Å². The normalized spacial score (nSPS) is 10.8. The zero-order chi connectivity index (χ0) is 12.3. The maximum atomic E-state index is 5.62. The van der Waals surface area contributed by atoms with Crippen LogP contribution in [0.4, 0.5) is 0 Å². The van der Waals surface area contributed by atoms with Crippen LogP contribution in [0, 0.1) is 13.8 Å². The fraction of sp³-hybridized carbons (Fsp3) is 0.417. The smallest absolute Gasteiger partial charge is 0.227 e. The largest absolute Gasteiger partial charge is 0.339 e. The lowest BCUT2D eigenvalue weighted by atomic mass is 10.2. The van der Waals surface area contributed by atoms with Crippen molar-refractivity contribution in [1.29, 1.82) is 0 Å². The van der Waals surface area contributed by atoms with Crippen LogP contribution in [0.5, 0.6) is 0 Å². The first-order valence-electron chi connectivity index (χ1n) is 5.53. The van der Waals surface area contributed by atoms with Gasteiger partial charge in [0.2, 0.25) is 11.7 Å². The summed E-state index contributed by atoms with van der Waals surface area (Å²) in [5.74, 6) is 1.85. The number of alkyl halides is 1. The van der Waals surface area contributed by atoms with Crippen molar-refractivity contribution in [3.05, 3.63) is 29.4 Å². The summed E-state index contributed by atoms with van der Waals surface area (Å²) in [5, 5.41) is 3.96. The highest BCUT2D eigenvalue weighted by Gasteiger charge is 2.09. The zero-order valence-electron chi connectivity index (χ0n) is 9.90. The zero-order valence-corrected chi connectivity index (χ0v) is 10.7. The van der Waals surface area contributed by atoms with Crippen LogP contribution in [0.3, 0.4) is 0 Å². The molecule has 2 aromatic rings. The molecule has 5 heteroatoms. The van der Waals surface area contributed by atoms with Crippen LogP contribution in [-0.4, -0.2) is 21.0 Å². The van der Waals surface area contributed by atoms with Gasteiger partial charge < -0.3 is 4.52 Å². The first-order chi connectivity index (χ1) is 8.19. The number of hydrogen-bond acceptors (Lipinski definition) is 4. The molecule has 0 aromatic carbocycles. The summed E-state index contributed by atoms with van der Waals surface area (Å²) in [7, 11) is 0. The van der Waals surface area contributed by atoms with Gasteiger partial charge in [0.05, 0.1) is 0 Å². The monoisotopic (exact) mass is 251 g/mol. The Labute approximate surface area is 105 Å². The Hall–Kier alpha value is -1.42. The third-order valence-electron chi connectivity index (χ3n) is 2.33. The third-order valence-corrected chi connectivity index (χ3v) is 2.60. The molecule has 0 N–H and O–H groups in total. The van der Waals surface area contributed by atoms with Crippen molar-refractivity contribution >= 4 is 11.6 Å². The number of halogens is 1. The highest BCUT2D eigenvalue weighted by Crippen LogP contribution is 2.18. The number of rotatable bonds is 4. The summed E-state index contributed by atoms with van der Waals surface area (Å²) in [4.78, 5) is 8.65. The molecule has 0 aliphatic heterocycles. The predicted octanol–water partition coefficient (Wildman–Crippen LogP) is 2.92. The summed E-state index contributed by atoms with van der Waals surface area (Å²) < 4.78 is 5.16. The lowest BCUT2D eigenvalue weighted by Crippen LogP contribution is -1.90. The minimum absolute atomic E-state index is 0.602. The molecule has 2 rings (SSSR count). The molecule has 0 radical (unpaired) electrons. The van der Waals surface area contributed by atoms with E-state index in [1.54, 1.807) is 0 Å². The second-order valence-electron chi connectivity index (χ2n) is 3.94. The quantitative estimate of drug-likeness (QED) is 0.784. The van der Waals surface area contributed by atoms with Gasteiger partial charge >= 0.3 is 0 Å². The topological polar surface area (TPSA) is 51.8 Å². The second kappa shape index (κ2) is 5.27. The lowest BCUT2D eigenvalue weighted by molar-refractivity contribution is 0.378. The molecule has 4 nitrogen and oxygen atoms in total. The van der Waals surface area contributed by atoms with Crippen LogP contribution >= 0.6 is 11.6 Å². The molecule has 2 aromatic heterocycles. The molecule has 2 heterocycles. The van der Waals surface area contributed by atoms with E-state index >= 15 is 0 Å². The summed E-state index contributed by atoms with van der Waals surface area (Å²) in [6.45, 7) is 3.90. The number of nitrogens with zero attached hydrogens (tertiary/aromatic N) is 3. The maximum Gasteiger partial charge on any atom is 0.227 e. The van der Waals surface area contributed by atoms with E-state index in [9.17, 15) is 0 Å². The van der Waals surface area contributed by atoms with Gasteiger partial charge in [-0.05, 0) is 32.4 Å². The van der Waals surface area contributed by atoms with E-state index in [1.165, 1.54) is 0 Å². The van der Waals surface area contributed by atoms with Gasteiger partial charge in [-0.1, -0.05) is 5.16 Å². The molecule has 0 saturated heterocycles. The third kappa shape index (κ3) is 3.03. The number of aryl methyl sites for hydroxylation is 3. The van der Waals surface area contributed by atoms with Gasteiger partial charge in [0.15, 0.2) is 0 Å². The van der Waals surface area contributed by atoms with Crippen LogP contribution in [0.2, 0.25) is 0 Å². The Bertz CT molecular complexity index is 490. The fourth-order valence-electron chi connectivity index (χ4n) is 1.66. The predicted molar refractivity (Wildman–Crippen MR) is 66.0 cm³/mol. The molecular formula is C12H14ClN3O. The van der Waals surface area contributed by atoms with Gasteiger partial charge in [-0.2, -0.15) is 4.98 Å². The van der Waals surface area contributed by atoms with Crippen LogP contribution in [0.25, 0.3) is 11.4 Å². The van der Waals surface area contributed by atoms with E-state index in [1.807, 2.05) is 26.0 Å².